The molecule has 108 valence electrons. The molecular weight excluding hydrogens is 287 g/mol. The van der Waals surface area contributed by atoms with E-state index in [0.29, 0.717) is 19.3 Å². The lowest BCUT2D eigenvalue weighted by atomic mass is 10.2. The van der Waals surface area contributed by atoms with Crippen LogP contribution in [0.3, 0.4) is 0 Å². The van der Waals surface area contributed by atoms with E-state index in [2.05, 4.69) is 4.72 Å². The van der Waals surface area contributed by atoms with E-state index in [0.717, 1.165) is 18.2 Å². The van der Waals surface area contributed by atoms with Crippen molar-refractivity contribution in [1.82, 2.24) is 4.72 Å². The molecule has 1 rings (SSSR count). The highest BCUT2D eigenvalue weighted by molar-refractivity contribution is 7.89. The first kappa shape index (κ1) is 16.1. The standard InChI is InChI=1S/C12H13FN2O4S/c13-10-5-4-9(12(16)17)8-11(10)20(18,19)15-7-3-1-2-6-14/h4-5,8,15H,1-3,7H2,(H,16,17). The molecule has 0 bridgehead atoms. The predicted octanol–water partition coefficient (Wildman–Crippen LogP) is 1.50. The highest BCUT2D eigenvalue weighted by Gasteiger charge is 2.20. The summed E-state index contributed by atoms with van der Waals surface area (Å²) in [7, 11) is -4.11. The minimum Gasteiger partial charge on any atom is -0.478 e. The number of nitrogens with one attached hydrogen (secondary N) is 1. The quantitative estimate of drug-likeness (QED) is 0.742. The lowest BCUT2D eigenvalue weighted by Crippen LogP contribution is -2.26. The van der Waals surface area contributed by atoms with Gasteiger partial charge in [0, 0.05) is 13.0 Å². The Labute approximate surface area is 115 Å². The van der Waals surface area contributed by atoms with Gasteiger partial charge in [-0.05, 0) is 31.0 Å². The zero-order valence-electron chi connectivity index (χ0n) is 10.5. The molecule has 1 aromatic rings. The largest absolute Gasteiger partial charge is 0.478 e. The number of carboxylic acid groups (broad SMARTS) is 1. The molecule has 0 atom stereocenters. The molecule has 0 unspecified atom stereocenters. The SMILES string of the molecule is N#CCCCCNS(=O)(=O)c1cc(C(=O)O)ccc1F. The number of halogens is 1. The molecule has 0 spiro atoms. The maximum atomic E-state index is 13.5. The van der Waals surface area contributed by atoms with Gasteiger partial charge < -0.3 is 5.11 Å². The van der Waals surface area contributed by atoms with Gasteiger partial charge in [0.15, 0.2) is 0 Å². The number of rotatable bonds is 7. The molecule has 0 aliphatic rings. The lowest BCUT2D eigenvalue weighted by Gasteiger charge is -2.08. The molecule has 0 aliphatic heterocycles. The average Bonchev–Trinajstić information content (AvgIpc) is 2.38. The number of sulfonamides is 1. The molecule has 0 fully saturated rings. The number of hydrogen-bond acceptors (Lipinski definition) is 4. The monoisotopic (exact) mass is 300 g/mol. The number of benzene rings is 1. The third-order valence-electron chi connectivity index (χ3n) is 2.48. The van der Waals surface area contributed by atoms with Crippen LogP contribution in [0.1, 0.15) is 29.6 Å². The molecule has 20 heavy (non-hydrogen) atoms. The number of aromatic carboxylic acids is 1. The highest BCUT2D eigenvalue weighted by atomic mass is 32.2. The second-order valence-corrected chi connectivity index (χ2v) is 5.70. The fraction of sp³-hybridized carbons (Fsp3) is 0.333. The van der Waals surface area contributed by atoms with Gasteiger partial charge in [0.25, 0.3) is 0 Å². The summed E-state index contributed by atoms with van der Waals surface area (Å²) in [4.78, 5) is 10.1. The van der Waals surface area contributed by atoms with Crippen molar-refractivity contribution in [3.05, 3.63) is 29.6 Å². The molecule has 0 aromatic heterocycles. The summed E-state index contributed by atoms with van der Waals surface area (Å²) in [6.45, 7) is 0.0563. The van der Waals surface area contributed by atoms with Gasteiger partial charge in [-0.2, -0.15) is 5.26 Å². The number of nitriles is 1. The van der Waals surface area contributed by atoms with Crippen molar-refractivity contribution in [2.24, 2.45) is 0 Å². The summed E-state index contributed by atoms with van der Waals surface area (Å²) in [6.07, 6.45) is 1.27. The minimum atomic E-state index is -4.11. The fourth-order valence-electron chi connectivity index (χ4n) is 1.46. The Bertz CT molecular complexity index is 637. The summed E-state index contributed by atoms with van der Waals surface area (Å²) in [5.74, 6) is -2.35. The van der Waals surface area contributed by atoms with Crippen molar-refractivity contribution in [3.8, 4) is 6.07 Å². The van der Waals surface area contributed by atoms with Crippen LogP contribution in [-0.2, 0) is 10.0 Å². The van der Waals surface area contributed by atoms with Crippen LogP contribution < -0.4 is 4.72 Å². The van der Waals surface area contributed by atoms with Crippen LogP contribution in [0, 0.1) is 17.1 Å². The summed E-state index contributed by atoms with van der Waals surface area (Å²) in [6, 6.07) is 4.49. The molecule has 0 saturated carbocycles. The van der Waals surface area contributed by atoms with Gasteiger partial charge >= 0.3 is 5.97 Å². The first-order valence-corrected chi connectivity index (χ1v) is 7.26. The van der Waals surface area contributed by atoms with E-state index in [9.17, 15) is 17.6 Å². The Morgan fingerprint density at radius 2 is 2.10 bits per heavy atom. The van der Waals surface area contributed by atoms with E-state index in [4.69, 9.17) is 10.4 Å². The van der Waals surface area contributed by atoms with Gasteiger partial charge in [-0.15, -0.1) is 0 Å². The van der Waals surface area contributed by atoms with Crippen LogP contribution in [-0.4, -0.2) is 26.0 Å². The van der Waals surface area contributed by atoms with Crippen LogP contribution in [0.2, 0.25) is 0 Å². The number of nitrogens with zero attached hydrogens (tertiary/aromatic N) is 1. The number of carbonyl (C=O) groups is 1. The van der Waals surface area contributed by atoms with Gasteiger partial charge in [0.05, 0.1) is 11.6 Å². The molecule has 0 amide bonds. The van der Waals surface area contributed by atoms with Gasteiger partial charge in [0.2, 0.25) is 10.0 Å². The molecule has 8 heteroatoms. The Hall–Kier alpha value is -1.98. The maximum Gasteiger partial charge on any atom is 0.335 e. The molecule has 0 radical (unpaired) electrons. The Morgan fingerprint density at radius 1 is 1.40 bits per heavy atom. The topological polar surface area (TPSA) is 107 Å². The van der Waals surface area contributed by atoms with Crippen molar-refractivity contribution in [1.29, 1.82) is 5.26 Å². The normalized spacial score (nSPS) is 11.0. The zero-order chi connectivity index (χ0) is 15.2. The minimum absolute atomic E-state index is 0.0563. The van der Waals surface area contributed by atoms with Crippen molar-refractivity contribution in [2.75, 3.05) is 6.54 Å². The van der Waals surface area contributed by atoms with E-state index < -0.39 is 26.7 Å². The second kappa shape index (κ2) is 6.98. The predicted molar refractivity (Wildman–Crippen MR) is 68.0 cm³/mol. The van der Waals surface area contributed by atoms with Crippen LogP contribution in [0.15, 0.2) is 23.1 Å². The van der Waals surface area contributed by atoms with Crippen LogP contribution in [0.25, 0.3) is 0 Å². The molecular formula is C12H13FN2O4S. The van der Waals surface area contributed by atoms with E-state index >= 15 is 0 Å². The summed E-state index contributed by atoms with van der Waals surface area (Å²) < 4.78 is 39.4. The van der Waals surface area contributed by atoms with Crippen LogP contribution in [0.5, 0.6) is 0 Å². The van der Waals surface area contributed by atoms with Crippen molar-refractivity contribution >= 4 is 16.0 Å². The van der Waals surface area contributed by atoms with E-state index in [-0.39, 0.29) is 12.1 Å². The van der Waals surface area contributed by atoms with Crippen molar-refractivity contribution in [3.63, 3.8) is 0 Å². The van der Waals surface area contributed by atoms with Crippen LogP contribution in [0.4, 0.5) is 4.39 Å². The first-order valence-electron chi connectivity index (χ1n) is 5.78. The van der Waals surface area contributed by atoms with E-state index in [1.54, 1.807) is 0 Å². The number of carboxylic acids is 1. The van der Waals surface area contributed by atoms with Gasteiger partial charge in [-0.1, -0.05) is 0 Å². The van der Waals surface area contributed by atoms with Crippen molar-refractivity contribution < 1.29 is 22.7 Å². The third kappa shape index (κ3) is 4.29. The average molecular weight is 300 g/mol. The van der Waals surface area contributed by atoms with Crippen molar-refractivity contribution in [2.45, 2.75) is 24.2 Å². The van der Waals surface area contributed by atoms with E-state index in [1.807, 2.05) is 6.07 Å². The molecule has 0 saturated heterocycles. The van der Waals surface area contributed by atoms with Gasteiger partial charge in [0.1, 0.15) is 10.7 Å². The van der Waals surface area contributed by atoms with Crippen LogP contribution >= 0.6 is 0 Å². The zero-order valence-corrected chi connectivity index (χ0v) is 11.3. The maximum absolute atomic E-state index is 13.5. The second-order valence-electron chi connectivity index (χ2n) is 3.96. The Morgan fingerprint density at radius 3 is 2.70 bits per heavy atom. The third-order valence-corrected chi connectivity index (χ3v) is 3.95. The van der Waals surface area contributed by atoms with E-state index in [1.165, 1.54) is 0 Å². The highest BCUT2D eigenvalue weighted by Crippen LogP contribution is 2.16. The first-order chi connectivity index (χ1) is 9.38. The van der Waals surface area contributed by atoms with Gasteiger partial charge in [-0.3, -0.25) is 0 Å². The smallest absolute Gasteiger partial charge is 0.335 e. The summed E-state index contributed by atoms with van der Waals surface area (Å²) in [5, 5.41) is 17.1. The fourth-order valence-corrected chi connectivity index (χ4v) is 2.63. The molecule has 1 aromatic carbocycles. The summed E-state index contributed by atoms with van der Waals surface area (Å²) in [5.41, 5.74) is -0.309. The molecule has 0 aliphatic carbocycles. The Kier molecular flexibility index (Phi) is 5.61. The van der Waals surface area contributed by atoms with Gasteiger partial charge in [-0.25, -0.2) is 22.3 Å². The Balaban J connectivity index is 2.84. The number of hydrogen-bond donors (Lipinski definition) is 2. The molecule has 0 heterocycles. The summed E-state index contributed by atoms with van der Waals surface area (Å²) >= 11 is 0. The number of unbranched alkanes of at least 4 members (excludes halogenated alkanes) is 2. The molecule has 2 N–H and O–H groups in total. The molecule has 6 nitrogen and oxygen atoms in total. The lowest BCUT2D eigenvalue weighted by molar-refractivity contribution is 0.0696.